The largest absolute Gasteiger partial charge is 0.337 e. The standard InChI is InChI=1S/C24H32N4O.ClH/c1-2-17-8-10-20(11-9-17)28-22-5-3-4-21(22)23(26-28)24(29)27-14-12-19(13-15-27)25-16-18-6-7-18;/h8-11,18-19,25H,2-7,12-16H2,1H3;1H. The summed E-state index contributed by atoms with van der Waals surface area (Å²) in [4.78, 5) is 15.3. The number of likely N-dealkylation sites (tertiary alicyclic amines) is 1. The SMILES string of the molecule is CCc1ccc(-n2nc(C(=O)N3CCC(NCC4CC4)CC3)c3c2CCC3)cc1.Cl. The number of amides is 1. The van der Waals surface area contributed by atoms with E-state index in [-0.39, 0.29) is 18.3 Å². The fourth-order valence-corrected chi connectivity index (χ4v) is 4.79. The molecule has 2 aliphatic carbocycles. The minimum absolute atomic E-state index is 0. The average molecular weight is 429 g/mol. The van der Waals surface area contributed by atoms with E-state index in [1.165, 1.54) is 29.7 Å². The fourth-order valence-electron chi connectivity index (χ4n) is 4.79. The minimum Gasteiger partial charge on any atom is -0.337 e. The van der Waals surface area contributed by atoms with Crippen molar-refractivity contribution in [2.24, 2.45) is 5.92 Å². The van der Waals surface area contributed by atoms with Crippen LogP contribution in [0.3, 0.4) is 0 Å². The molecule has 1 amide bonds. The van der Waals surface area contributed by atoms with Crippen molar-refractivity contribution in [3.05, 3.63) is 46.8 Å². The molecule has 1 aliphatic heterocycles. The molecule has 0 unspecified atom stereocenters. The van der Waals surface area contributed by atoms with Gasteiger partial charge in [0.05, 0.1) is 5.69 Å². The van der Waals surface area contributed by atoms with Crippen LogP contribution in [0.1, 0.15) is 66.3 Å². The number of aromatic nitrogens is 2. The van der Waals surface area contributed by atoms with Gasteiger partial charge in [-0.25, -0.2) is 4.68 Å². The highest BCUT2D eigenvalue weighted by Crippen LogP contribution is 2.30. The number of nitrogens with one attached hydrogen (secondary N) is 1. The number of rotatable bonds is 6. The van der Waals surface area contributed by atoms with E-state index in [9.17, 15) is 4.79 Å². The van der Waals surface area contributed by atoms with Crippen LogP contribution in [0.5, 0.6) is 0 Å². The number of nitrogens with zero attached hydrogens (tertiary/aromatic N) is 3. The van der Waals surface area contributed by atoms with Gasteiger partial charge in [-0.1, -0.05) is 19.1 Å². The molecule has 1 saturated heterocycles. The predicted molar refractivity (Wildman–Crippen MR) is 122 cm³/mol. The zero-order valence-electron chi connectivity index (χ0n) is 17.9. The van der Waals surface area contributed by atoms with Gasteiger partial charge < -0.3 is 10.2 Å². The van der Waals surface area contributed by atoms with Gasteiger partial charge in [0.1, 0.15) is 0 Å². The van der Waals surface area contributed by atoms with E-state index >= 15 is 0 Å². The molecule has 1 N–H and O–H groups in total. The number of carbonyl (C=O) groups is 1. The average Bonchev–Trinajstić information content (AvgIpc) is 3.35. The molecule has 1 aromatic carbocycles. The van der Waals surface area contributed by atoms with Crippen LogP contribution in [0.25, 0.3) is 5.69 Å². The van der Waals surface area contributed by atoms with Crippen LogP contribution < -0.4 is 5.32 Å². The lowest BCUT2D eigenvalue weighted by molar-refractivity contribution is 0.0697. The summed E-state index contributed by atoms with van der Waals surface area (Å²) in [5, 5.41) is 8.53. The monoisotopic (exact) mass is 428 g/mol. The maximum Gasteiger partial charge on any atom is 0.274 e. The number of aryl methyl sites for hydroxylation is 1. The van der Waals surface area contributed by atoms with Crippen molar-refractivity contribution in [3.63, 3.8) is 0 Å². The van der Waals surface area contributed by atoms with Gasteiger partial charge in [0, 0.05) is 30.4 Å². The molecule has 0 atom stereocenters. The summed E-state index contributed by atoms with van der Waals surface area (Å²) in [6.45, 7) is 5.01. The highest BCUT2D eigenvalue weighted by molar-refractivity contribution is 5.94. The Hall–Kier alpha value is -1.85. The van der Waals surface area contributed by atoms with Gasteiger partial charge in [-0.05, 0) is 81.5 Å². The van der Waals surface area contributed by atoms with Gasteiger partial charge in [0.15, 0.2) is 5.69 Å². The molecule has 30 heavy (non-hydrogen) atoms. The van der Waals surface area contributed by atoms with Crippen LogP contribution in [-0.4, -0.2) is 46.3 Å². The van der Waals surface area contributed by atoms with Gasteiger partial charge >= 0.3 is 0 Å². The first-order chi connectivity index (χ1) is 14.2. The summed E-state index contributed by atoms with van der Waals surface area (Å²) in [6, 6.07) is 9.17. The predicted octanol–water partition coefficient (Wildman–Crippen LogP) is 3.95. The third-order valence-corrected chi connectivity index (χ3v) is 6.90. The van der Waals surface area contributed by atoms with Crippen molar-refractivity contribution >= 4 is 18.3 Å². The zero-order chi connectivity index (χ0) is 19.8. The first-order valence-electron chi connectivity index (χ1n) is 11.5. The van der Waals surface area contributed by atoms with E-state index in [0.717, 1.165) is 69.8 Å². The Morgan fingerprint density at radius 3 is 2.50 bits per heavy atom. The second-order valence-electron chi connectivity index (χ2n) is 8.98. The van der Waals surface area contributed by atoms with Crippen LogP contribution in [0.15, 0.2) is 24.3 Å². The van der Waals surface area contributed by atoms with Gasteiger partial charge in [-0.2, -0.15) is 5.10 Å². The van der Waals surface area contributed by atoms with Gasteiger partial charge in [-0.3, -0.25) is 4.79 Å². The Labute approximate surface area is 185 Å². The molecule has 6 heteroatoms. The second-order valence-corrected chi connectivity index (χ2v) is 8.98. The molecule has 2 fully saturated rings. The number of carbonyl (C=O) groups excluding carboxylic acids is 1. The van der Waals surface area contributed by atoms with E-state index < -0.39 is 0 Å². The molecule has 5 rings (SSSR count). The molecule has 0 radical (unpaired) electrons. The van der Waals surface area contributed by atoms with E-state index in [2.05, 4.69) is 36.5 Å². The Balaban J connectivity index is 0.00000218. The maximum atomic E-state index is 13.3. The molecule has 1 saturated carbocycles. The molecule has 162 valence electrons. The quantitative estimate of drug-likeness (QED) is 0.757. The van der Waals surface area contributed by atoms with Gasteiger partial charge in [0.2, 0.25) is 0 Å². The molecule has 1 aromatic heterocycles. The highest BCUT2D eigenvalue weighted by Gasteiger charge is 2.32. The number of halogens is 1. The minimum atomic E-state index is 0. The summed E-state index contributed by atoms with van der Waals surface area (Å²) in [6.07, 6.45) is 9.03. The van der Waals surface area contributed by atoms with E-state index in [0.29, 0.717) is 11.7 Å². The van der Waals surface area contributed by atoms with Crippen LogP contribution in [0, 0.1) is 5.92 Å². The zero-order valence-corrected chi connectivity index (χ0v) is 18.7. The van der Waals surface area contributed by atoms with Crippen molar-refractivity contribution < 1.29 is 4.79 Å². The molecule has 0 bridgehead atoms. The Bertz CT molecular complexity index is 879. The molecule has 3 aliphatic rings. The fraction of sp³-hybridized carbons (Fsp3) is 0.583. The van der Waals surface area contributed by atoms with E-state index in [4.69, 9.17) is 5.10 Å². The molecule has 2 heterocycles. The van der Waals surface area contributed by atoms with Crippen LogP contribution in [-0.2, 0) is 19.3 Å². The molecule has 0 spiro atoms. The Morgan fingerprint density at radius 1 is 1.10 bits per heavy atom. The smallest absolute Gasteiger partial charge is 0.274 e. The normalized spacial score (nSPS) is 18.9. The first kappa shape index (κ1) is 21.4. The van der Waals surface area contributed by atoms with Crippen molar-refractivity contribution in [3.8, 4) is 5.69 Å². The lowest BCUT2D eigenvalue weighted by Gasteiger charge is -2.32. The number of hydrogen-bond donors (Lipinski definition) is 1. The van der Waals surface area contributed by atoms with Crippen molar-refractivity contribution in [2.45, 2.75) is 64.3 Å². The summed E-state index contributed by atoms with van der Waals surface area (Å²) >= 11 is 0. The molecular formula is C24H33ClN4O. The van der Waals surface area contributed by atoms with E-state index in [1.807, 2.05) is 9.58 Å². The lowest BCUT2D eigenvalue weighted by Crippen LogP contribution is -2.45. The van der Waals surface area contributed by atoms with Crippen LogP contribution in [0.4, 0.5) is 0 Å². The molecular weight excluding hydrogens is 396 g/mol. The third-order valence-electron chi connectivity index (χ3n) is 6.90. The summed E-state index contributed by atoms with van der Waals surface area (Å²) in [7, 11) is 0. The Kier molecular flexibility index (Phi) is 6.49. The summed E-state index contributed by atoms with van der Waals surface area (Å²) in [5.41, 5.74) is 5.51. The second kappa shape index (κ2) is 9.11. The molecule has 2 aromatic rings. The van der Waals surface area contributed by atoms with Crippen LogP contribution >= 0.6 is 12.4 Å². The highest BCUT2D eigenvalue weighted by atomic mass is 35.5. The number of benzene rings is 1. The van der Waals surface area contributed by atoms with Crippen molar-refractivity contribution in [2.75, 3.05) is 19.6 Å². The van der Waals surface area contributed by atoms with Gasteiger partial charge in [0.25, 0.3) is 5.91 Å². The summed E-state index contributed by atoms with van der Waals surface area (Å²) < 4.78 is 2.03. The Morgan fingerprint density at radius 2 is 1.83 bits per heavy atom. The number of fused-ring (bicyclic) bond motifs is 1. The topological polar surface area (TPSA) is 50.2 Å². The number of piperidine rings is 1. The number of hydrogen-bond acceptors (Lipinski definition) is 3. The summed E-state index contributed by atoms with van der Waals surface area (Å²) in [5.74, 6) is 1.04. The van der Waals surface area contributed by atoms with Crippen LogP contribution in [0.2, 0.25) is 0 Å². The van der Waals surface area contributed by atoms with Crippen molar-refractivity contribution in [1.29, 1.82) is 0 Å². The first-order valence-corrected chi connectivity index (χ1v) is 11.5. The third kappa shape index (κ3) is 4.28. The van der Waals surface area contributed by atoms with E-state index in [1.54, 1.807) is 0 Å². The van der Waals surface area contributed by atoms with Crippen molar-refractivity contribution in [1.82, 2.24) is 20.0 Å². The maximum absolute atomic E-state index is 13.3. The molecule has 5 nitrogen and oxygen atoms in total. The van der Waals surface area contributed by atoms with Gasteiger partial charge in [-0.15, -0.1) is 12.4 Å². The lowest BCUT2D eigenvalue weighted by atomic mass is 10.0.